The normalized spacial score (nSPS) is 26.4. The van der Waals surface area contributed by atoms with Crippen LogP contribution < -0.4 is 10.6 Å². The molecule has 3 atom stereocenters. The van der Waals surface area contributed by atoms with E-state index in [0.717, 1.165) is 37.8 Å². The SMILES string of the molecule is O=C(OC[C@@H]1CCCO1)c1cc2cc(NC(=O)[C@H]3NCCC3C3CCCCC3)ccc2o1. The van der Waals surface area contributed by atoms with E-state index in [1.54, 1.807) is 12.1 Å². The number of benzene rings is 1. The van der Waals surface area contributed by atoms with Crippen molar-refractivity contribution in [3.63, 3.8) is 0 Å². The first kappa shape index (κ1) is 21.5. The van der Waals surface area contributed by atoms with E-state index in [0.29, 0.717) is 23.1 Å². The van der Waals surface area contributed by atoms with Gasteiger partial charge in [0.2, 0.25) is 11.7 Å². The van der Waals surface area contributed by atoms with Crippen LogP contribution in [0.3, 0.4) is 0 Å². The van der Waals surface area contributed by atoms with Gasteiger partial charge in [0.05, 0.1) is 12.1 Å². The molecule has 1 aromatic heterocycles. The first-order valence-corrected chi connectivity index (χ1v) is 12.0. The summed E-state index contributed by atoms with van der Waals surface area (Å²) < 4.78 is 16.5. The first-order valence-electron chi connectivity index (χ1n) is 12.0. The van der Waals surface area contributed by atoms with E-state index < -0.39 is 5.97 Å². The molecule has 1 aromatic carbocycles. The Morgan fingerprint density at radius 2 is 1.94 bits per heavy atom. The lowest BCUT2D eigenvalue weighted by Gasteiger charge is -2.30. The average Bonchev–Trinajstić information content (AvgIpc) is 3.58. The smallest absolute Gasteiger partial charge is 0.374 e. The van der Waals surface area contributed by atoms with E-state index >= 15 is 0 Å². The molecular formula is C25H32N2O5. The van der Waals surface area contributed by atoms with Gasteiger partial charge in [0, 0.05) is 17.7 Å². The molecule has 1 unspecified atom stereocenters. The highest BCUT2D eigenvalue weighted by atomic mass is 16.6. The average molecular weight is 441 g/mol. The van der Waals surface area contributed by atoms with Gasteiger partial charge in [-0.15, -0.1) is 0 Å². The van der Waals surface area contributed by atoms with E-state index in [4.69, 9.17) is 13.9 Å². The summed E-state index contributed by atoms with van der Waals surface area (Å²) in [4.78, 5) is 25.4. The fourth-order valence-electron chi connectivity index (χ4n) is 5.54. The summed E-state index contributed by atoms with van der Waals surface area (Å²) in [7, 11) is 0. The highest BCUT2D eigenvalue weighted by Gasteiger charge is 2.38. The standard InChI is InChI=1S/C25H32N2O5/c28-24(23-20(10-11-26-23)16-5-2-1-3-6-16)27-18-8-9-21-17(13-18)14-22(32-21)25(29)31-15-19-7-4-12-30-19/h8-9,13-14,16,19-20,23,26H,1-7,10-12,15H2,(H,27,28)/t19-,20?,23-/m0/s1. The van der Waals surface area contributed by atoms with Crippen molar-refractivity contribution in [1.29, 1.82) is 0 Å². The van der Waals surface area contributed by atoms with Crippen molar-refractivity contribution in [3.05, 3.63) is 30.0 Å². The molecule has 2 aromatic rings. The summed E-state index contributed by atoms with van der Waals surface area (Å²) in [6, 6.07) is 6.97. The van der Waals surface area contributed by atoms with Gasteiger partial charge in [-0.3, -0.25) is 4.79 Å². The minimum Gasteiger partial charge on any atom is -0.457 e. The van der Waals surface area contributed by atoms with Crippen molar-refractivity contribution >= 4 is 28.5 Å². The van der Waals surface area contributed by atoms with Crippen molar-refractivity contribution in [2.75, 3.05) is 25.1 Å². The maximum atomic E-state index is 13.0. The number of anilines is 1. The Morgan fingerprint density at radius 3 is 2.75 bits per heavy atom. The van der Waals surface area contributed by atoms with E-state index in [-0.39, 0.29) is 30.4 Å². The first-order chi connectivity index (χ1) is 15.7. The van der Waals surface area contributed by atoms with Crippen molar-refractivity contribution in [2.45, 2.75) is 63.5 Å². The summed E-state index contributed by atoms with van der Waals surface area (Å²) in [6.07, 6.45) is 9.32. The minimum atomic E-state index is -0.493. The van der Waals surface area contributed by atoms with E-state index in [9.17, 15) is 9.59 Å². The molecule has 0 spiro atoms. The number of amides is 1. The largest absolute Gasteiger partial charge is 0.457 e. The second-order valence-electron chi connectivity index (χ2n) is 9.37. The predicted molar refractivity (Wildman–Crippen MR) is 121 cm³/mol. The number of furan rings is 1. The molecule has 2 N–H and O–H groups in total. The van der Waals surface area contributed by atoms with Gasteiger partial charge in [-0.25, -0.2) is 4.79 Å². The number of carbonyl (C=O) groups excluding carboxylic acids is 2. The van der Waals surface area contributed by atoms with Crippen LogP contribution in [0.2, 0.25) is 0 Å². The maximum Gasteiger partial charge on any atom is 0.374 e. The van der Waals surface area contributed by atoms with Crippen LogP contribution in [0.1, 0.15) is 61.9 Å². The van der Waals surface area contributed by atoms with E-state index in [2.05, 4.69) is 10.6 Å². The molecule has 1 aliphatic carbocycles. The fourth-order valence-corrected chi connectivity index (χ4v) is 5.54. The number of nitrogens with one attached hydrogen (secondary N) is 2. The summed E-state index contributed by atoms with van der Waals surface area (Å²) in [5.41, 5.74) is 1.30. The van der Waals surface area contributed by atoms with Crippen LogP contribution >= 0.6 is 0 Å². The minimum absolute atomic E-state index is 0.0215. The van der Waals surface area contributed by atoms with E-state index in [1.165, 1.54) is 32.1 Å². The predicted octanol–water partition coefficient (Wildman–Crippen LogP) is 4.27. The lowest BCUT2D eigenvalue weighted by atomic mass is 9.76. The van der Waals surface area contributed by atoms with Gasteiger partial charge in [-0.05, 0) is 61.9 Å². The topological polar surface area (TPSA) is 89.8 Å². The highest BCUT2D eigenvalue weighted by molar-refractivity contribution is 5.98. The molecule has 172 valence electrons. The third-order valence-corrected chi connectivity index (χ3v) is 7.22. The molecule has 7 heteroatoms. The van der Waals surface area contributed by atoms with Gasteiger partial charge in [0.15, 0.2) is 0 Å². The van der Waals surface area contributed by atoms with Gasteiger partial charge in [-0.1, -0.05) is 32.1 Å². The zero-order valence-electron chi connectivity index (χ0n) is 18.4. The second kappa shape index (κ2) is 9.63. The molecule has 2 saturated heterocycles. The van der Waals surface area contributed by atoms with Crippen LogP contribution in [0.25, 0.3) is 11.0 Å². The van der Waals surface area contributed by atoms with Gasteiger partial charge < -0.3 is 24.5 Å². The number of hydrogen-bond acceptors (Lipinski definition) is 6. The Hall–Kier alpha value is -2.38. The van der Waals surface area contributed by atoms with Crippen LogP contribution in [-0.4, -0.2) is 43.8 Å². The number of carbonyl (C=O) groups is 2. The Bertz CT molecular complexity index is 958. The molecule has 3 heterocycles. The van der Waals surface area contributed by atoms with Crippen LogP contribution in [0.5, 0.6) is 0 Å². The third-order valence-electron chi connectivity index (χ3n) is 7.22. The van der Waals surface area contributed by atoms with Crippen molar-refractivity contribution in [2.24, 2.45) is 11.8 Å². The molecular weight excluding hydrogens is 408 g/mol. The zero-order chi connectivity index (χ0) is 21.9. The molecule has 3 fully saturated rings. The number of fused-ring (bicyclic) bond motifs is 1. The molecule has 0 radical (unpaired) electrons. The number of rotatable bonds is 6. The van der Waals surface area contributed by atoms with Gasteiger partial charge in [0.1, 0.15) is 12.2 Å². The second-order valence-corrected chi connectivity index (χ2v) is 9.37. The summed E-state index contributed by atoms with van der Waals surface area (Å²) in [6.45, 7) is 1.87. The van der Waals surface area contributed by atoms with E-state index in [1.807, 2.05) is 12.1 Å². The van der Waals surface area contributed by atoms with Crippen LogP contribution in [0.15, 0.2) is 28.7 Å². The summed E-state index contributed by atoms with van der Waals surface area (Å²) >= 11 is 0. The fraction of sp³-hybridized carbons (Fsp3) is 0.600. The number of ether oxygens (including phenoxy) is 2. The van der Waals surface area contributed by atoms with Crippen LogP contribution in [0, 0.1) is 11.8 Å². The monoisotopic (exact) mass is 440 g/mol. The highest BCUT2D eigenvalue weighted by Crippen LogP contribution is 2.36. The summed E-state index contributed by atoms with van der Waals surface area (Å²) in [5, 5.41) is 7.24. The lowest BCUT2D eigenvalue weighted by molar-refractivity contribution is -0.119. The molecule has 0 bridgehead atoms. The van der Waals surface area contributed by atoms with Gasteiger partial charge in [0.25, 0.3) is 0 Å². The molecule has 32 heavy (non-hydrogen) atoms. The Morgan fingerprint density at radius 1 is 1.06 bits per heavy atom. The molecule has 5 rings (SSSR count). The molecule has 3 aliphatic rings. The quantitative estimate of drug-likeness (QED) is 0.652. The van der Waals surface area contributed by atoms with Crippen molar-refractivity contribution in [3.8, 4) is 0 Å². The molecule has 1 saturated carbocycles. The Balaban J connectivity index is 1.22. The van der Waals surface area contributed by atoms with Crippen molar-refractivity contribution < 1.29 is 23.5 Å². The molecule has 1 amide bonds. The number of hydrogen-bond donors (Lipinski definition) is 2. The molecule has 7 nitrogen and oxygen atoms in total. The zero-order valence-corrected chi connectivity index (χ0v) is 18.4. The summed E-state index contributed by atoms with van der Waals surface area (Å²) in [5.74, 6) is 0.758. The third kappa shape index (κ3) is 4.69. The number of esters is 1. The van der Waals surface area contributed by atoms with Gasteiger partial charge >= 0.3 is 5.97 Å². The Kier molecular flexibility index (Phi) is 6.46. The maximum absolute atomic E-state index is 13.0. The van der Waals surface area contributed by atoms with Crippen LogP contribution in [-0.2, 0) is 14.3 Å². The van der Waals surface area contributed by atoms with Crippen molar-refractivity contribution in [1.82, 2.24) is 5.32 Å². The van der Waals surface area contributed by atoms with Gasteiger partial charge in [-0.2, -0.15) is 0 Å². The Labute approximate surface area is 188 Å². The lowest BCUT2D eigenvalue weighted by Crippen LogP contribution is -2.42. The van der Waals surface area contributed by atoms with Crippen LogP contribution in [0.4, 0.5) is 5.69 Å². The molecule has 2 aliphatic heterocycles.